The van der Waals surface area contributed by atoms with Crippen LogP contribution in [0, 0.1) is 29.3 Å². The van der Waals surface area contributed by atoms with Gasteiger partial charge in [0.1, 0.15) is 5.83 Å². The molecule has 1 aliphatic carbocycles. The number of hydrogen-bond acceptors (Lipinski definition) is 2. The van der Waals surface area contributed by atoms with E-state index in [0.29, 0.717) is 24.3 Å². The van der Waals surface area contributed by atoms with E-state index in [9.17, 15) is 17.6 Å². The summed E-state index contributed by atoms with van der Waals surface area (Å²) in [7, 11) is 0. The van der Waals surface area contributed by atoms with Crippen molar-refractivity contribution in [2.24, 2.45) is 11.8 Å². The fourth-order valence-corrected chi connectivity index (χ4v) is 4.89. The van der Waals surface area contributed by atoms with E-state index in [4.69, 9.17) is 9.47 Å². The summed E-state index contributed by atoms with van der Waals surface area (Å²) in [5.41, 5.74) is -0.271. The minimum absolute atomic E-state index is 0.0186. The molecule has 0 unspecified atom stereocenters. The van der Waals surface area contributed by atoms with E-state index in [-0.39, 0.29) is 30.1 Å². The number of benzene rings is 2. The third-order valence-corrected chi connectivity index (χ3v) is 6.62. The second kappa shape index (κ2) is 9.74. The van der Waals surface area contributed by atoms with E-state index in [1.54, 1.807) is 13.0 Å². The number of fused-ring (bicyclic) bond motifs is 2. The van der Waals surface area contributed by atoms with Crippen LogP contribution in [-0.4, -0.2) is 6.61 Å². The Morgan fingerprint density at radius 1 is 0.939 bits per heavy atom. The Bertz CT molecular complexity index is 1070. The van der Waals surface area contributed by atoms with Crippen molar-refractivity contribution in [1.29, 1.82) is 0 Å². The fourth-order valence-electron chi connectivity index (χ4n) is 4.89. The number of ether oxygens (including phenoxy) is 2. The average Bonchev–Trinajstić information content (AvgIpc) is 2.82. The van der Waals surface area contributed by atoms with Crippen LogP contribution in [0.2, 0.25) is 0 Å². The van der Waals surface area contributed by atoms with E-state index in [2.05, 4.69) is 6.92 Å². The molecule has 0 spiro atoms. The smallest absolute Gasteiger partial charge is 0.207 e. The maximum atomic E-state index is 15.0. The van der Waals surface area contributed by atoms with Gasteiger partial charge in [-0.15, -0.1) is 0 Å². The van der Waals surface area contributed by atoms with Gasteiger partial charge in [-0.3, -0.25) is 0 Å². The highest BCUT2D eigenvalue weighted by Crippen LogP contribution is 2.45. The van der Waals surface area contributed by atoms with Crippen LogP contribution in [-0.2, 0) is 6.42 Å². The second-order valence-electron chi connectivity index (χ2n) is 8.79. The van der Waals surface area contributed by atoms with Crippen molar-refractivity contribution in [2.45, 2.75) is 58.8 Å². The maximum Gasteiger partial charge on any atom is 0.207 e. The standard InChI is InChI=1S/C26H27F5O2/c1-3-5-14-6-8-15(9-7-14)20(27)21(28)18-13-17-12-16-10-11-19(32-4-2)23(30)25(16)33-26(17)24(31)22(18)29/h10-11,13-15H,3-9,12H2,1-2H3/b21-20+. The predicted octanol–water partition coefficient (Wildman–Crippen LogP) is 8.41. The molecule has 1 aliphatic heterocycles. The van der Waals surface area contributed by atoms with Gasteiger partial charge < -0.3 is 9.47 Å². The molecule has 33 heavy (non-hydrogen) atoms. The van der Waals surface area contributed by atoms with Crippen LogP contribution in [0.4, 0.5) is 22.0 Å². The molecule has 178 valence electrons. The van der Waals surface area contributed by atoms with Gasteiger partial charge >= 0.3 is 0 Å². The Labute approximate surface area is 190 Å². The number of allylic oxidation sites excluding steroid dienone is 1. The third kappa shape index (κ3) is 4.46. The molecule has 2 aromatic carbocycles. The van der Waals surface area contributed by atoms with Crippen LogP contribution in [0.25, 0.3) is 5.83 Å². The van der Waals surface area contributed by atoms with E-state index in [1.807, 2.05) is 0 Å². The van der Waals surface area contributed by atoms with E-state index in [1.165, 1.54) is 6.07 Å². The molecule has 7 heteroatoms. The Balaban J connectivity index is 1.64. The average molecular weight is 466 g/mol. The molecule has 0 N–H and O–H groups in total. The summed E-state index contributed by atoms with van der Waals surface area (Å²) < 4.78 is 84.9. The van der Waals surface area contributed by atoms with Gasteiger partial charge in [0, 0.05) is 23.5 Å². The van der Waals surface area contributed by atoms with Crippen molar-refractivity contribution in [3.8, 4) is 17.2 Å². The van der Waals surface area contributed by atoms with Crippen LogP contribution in [0.5, 0.6) is 17.2 Å². The quantitative estimate of drug-likeness (QED) is 0.340. The molecule has 0 aromatic heterocycles. The van der Waals surface area contributed by atoms with Crippen molar-refractivity contribution in [3.05, 3.63) is 58.2 Å². The molecule has 0 atom stereocenters. The Morgan fingerprint density at radius 3 is 2.30 bits per heavy atom. The van der Waals surface area contributed by atoms with Crippen molar-refractivity contribution < 1.29 is 31.4 Å². The molecule has 0 bridgehead atoms. The molecule has 1 saturated carbocycles. The Kier molecular flexibility index (Phi) is 6.96. The van der Waals surface area contributed by atoms with Gasteiger partial charge in [-0.25, -0.2) is 13.2 Å². The van der Waals surface area contributed by atoms with Crippen LogP contribution >= 0.6 is 0 Å². The lowest BCUT2D eigenvalue weighted by Crippen LogP contribution is -2.16. The van der Waals surface area contributed by atoms with Crippen molar-refractivity contribution in [2.75, 3.05) is 6.61 Å². The lowest BCUT2D eigenvalue weighted by molar-refractivity contribution is 0.261. The first-order chi connectivity index (χ1) is 15.8. The van der Waals surface area contributed by atoms with Gasteiger partial charge in [0.25, 0.3) is 0 Å². The first-order valence-corrected chi connectivity index (χ1v) is 11.5. The van der Waals surface area contributed by atoms with Gasteiger partial charge in [0.15, 0.2) is 28.9 Å². The van der Waals surface area contributed by atoms with Crippen molar-refractivity contribution >= 4 is 5.83 Å². The fraction of sp³-hybridized carbons (Fsp3) is 0.462. The van der Waals surface area contributed by atoms with Crippen LogP contribution in [0.1, 0.15) is 69.1 Å². The zero-order valence-corrected chi connectivity index (χ0v) is 18.7. The first kappa shape index (κ1) is 23.6. The zero-order chi connectivity index (χ0) is 23.7. The summed E-state index contributed by atoms with van der Waals surface area (Å²) in [5, 5.41) is 0. The predicted molar refractivity (Wildman–Crippen MR) is 116 cm³/mol. The third-order valence-electron chi connectivity index (χ3n) is 6.62. The second-order valence-corrected chi connectivity index (χ2v) is 8.79. The highest BCUT2D eigenvalue weighted by atomic mass is 19.2. The lowest BCUT2D eigenvalue weighted by Gasteiger charge is -2.27. The normalized spacial score (nSPS) is 20.5. The molecular weight excluding hydrogens is 439 g/mol. The minimum Gasteiger partial charge on any atom is -0.491 e. The summed E-state index contributed by atoms with van der Waals surface area (Å²) >= 11 is 0. The number of rotatable bonds is 6. The van der Waals surface area contributed by atoms with E-state index in [0.717, 1.165) is 31.7 Å². The number of halogens is 5. The molecule has 1 heterocycles. The largest absolute Gasteiger partial charge is 0.491 e. The molecule has 4 rings (SSSR count). The van der Waals surface area contributed by atoms with Crippen LogP contribution < -0.4 is 9.47 Å². The topological polar surface area (TPSA) is 18.5 Å². The Hall–Kier alpha value is -2.57. The lowest BCUT2D eigenvalue weighted by atomic mass is 9.79. The Morgan fingerprint density at radius 2 is 1.64 bits per heavy atom. The van der Waals surface area contributed by atoms with Crippen LogP contribution in [0.15, 0.2) is 24.0 Å². The molecule has 1 fully saturated rings. The van der Waals surface area contributed by atoms with Gasteiger partial charge in [0.05, 0.1) is 12.2 Å². The number of hydrogen-bond donors (Lipinski definition) is 0. The maximum absolute atomic E-state index is 15.0. The van der Waals surface area contributed by atoms with Gasteiger partial charge in [0.2, 0.25) is 11.6 Å². The van der Waals surface area contributed by atoms with Gasteiger partial charge in [-0.05, 0) is 50.7 Å². The highest BCUT2D eigenvalue weighted by molar-refractivity contribution is 5.66. The molecule has 0 saturated heterocycles. The SMILES string of the molecule is CCCC1CCC(/C(F)=C(\F)c2cc3c(c(F)c2F)Oc2c(ccc(OCC)c2F)C3)CC1. The molecular formula is C26H27F5O2. The van der Waals surface area contributed by atoms with Crippen molar-refractivity contribution in [1.82, 2.24) is 0 Å². The van der Waals surface area contributed by atoms with Gasteiger partial charge in [-0.2, -0.15) is 8.78 Å². The van der Waals surface area contributed by atoms with Gasteiger partial charge in [-0.1, -0.05) is 25.8 Å². The molecule has 2 nitrogen and oxygen atoms in total. The molecule has 0 amide bonds. The minimum atomic E-state index is -1.55. The van der Waals surface area contributed by atoms with E-state index < -0.39 is 46.3 Å². The summed E-state index contributed by atoms with van der Waals surface area (Å²) in [5.74, 6) is -7.24. The molecule has 2 aliphatic rings. The van der Waals surface area contributed by atoms with E-state index >= 15 is 4.39 Å². The summed E-state index contributed by atoms with van der Waals surface area (Å²) in [6, 6.07) is 4.03. The molecule has 2 aromatic rings. The zero-order valence-electron chi connectivity index (χ0n) is 18.7. The molecule has 0 radical (unpaired) electrons. The first-order valence-electron chi connectivity index (χ1n) is 11.5. The summed E-state index contributed by atoms with van der Waals surface area (Å²) in [4.78, 5) is 0. The highest BCUT2D eigenvalue weighted by Gasteiger charge is 2.32. The summed E-state index contributed by atoms with van der Waals surface area (Å²) in [6.45, 7) is 3.99. The monoisotopic (exact) mass is 466 g/mol. The van der Waals surface area contributed by atoms with Crippen molar-refractivity contribution in [3.63, 3.8) is 0 Å². The summed E-state index contributed by atoms with van der Waals surface area (Å²) in [6.07, 6.45) is 4.63. The van der Waals surface area contributed by atoms with Crippen LogP contribution in [0.3, 0.4) is 0 Å².